The van der Waals surface area contributed by atoms with Crippen LogP contribution in [0.4, 0.5) is 10.8 Å². The number of hydrogen-bond acceptors (Lipinski definition) is 5. The molecule has 0 amide bonds. The molecule has 3 N–H and O–H groups in total. The SMILES string of the molecule is Nc1nc2ccc(N3CCNCC3)cc2s1. The van der Waals surface area contributed by atoms with Crippen molar-refractivity contribution in [3.8, 4) is 0 Å². The van der Waals surface area contributed by atoms with Gasteiger partial charge in [0.25, 0.3) is 0 Å². The van der Waals surface area contributed by atoms with Crippen LogP contribution in [0.3, 0.4) is 0 Å². The summed E-state index contributed by atoms with van der Waals surface area (Å²) in [6.07, 6.45) is 0. The van der Waals surface area contributed by atoms with E-state index in [1.54, 1.807) is 11.3 Å². The van der Waals surface area contributed by atoms with E-state index < -0.39 is 0 Å². The molecule has 0 spiro atoms. The minimum Gasteiger partial charge on any atom is -0.375 e. The molecule has 1 fully saturated rings. The van der Waals surface area contributed by atoms with E-state index >= 15 is 0 Å². The van der Waals surface area contributed by atoms with Crippen LogP contribution >= 0.6 is 11.3 Å². The summed E-state index contributed by atoms with van der Waals surface area (Å²) >= 11 is 1.55. The van der Waals surface area contributed by atoms with Gasteiger partial charge in [0.2, 0.25) is 0 Å². The highest BCUT2D eigenvalue weighted by molar-refractivity contribution is 7.22. The minimum absolute atomic E-state index is 0.646. The number of piperazine rings is 1. The van der Waals surface area contributed by atoms with Crippen LogP contribution < -0.4 is 16.0 Å². The van der Waals surface area contributed by atoms with Crippen molar-refractivity contribution in [2.24, 2.45) is 0 Å². The second-order valence-electron chi connectivity index (χ2n) is 3.94. The number of nitrogens with zero attached hydrogens (tertiary/aromatic N) is 2. The zero-order valence-corrected chi connectivity index (χ0v) is 9.76. The fourth-order valence-corrected chi connectivity index (χ4v) is 2.82. The molecule has 84 valence electrons. The summed E-state index contributed by atoms with van der Waals surface area (Å²) < 4.78 is 1.17. The van der Waals surface area contributed by atoms with Gasteiger partial charge in [-0.05, 0) is 18.2 Å². The monoisotopic (exact) mass is 234 g/mol. The predicted molar refractivity (Wildman–Crippen MR) is 69.1 cm³/mol. The van der Waals surface area contributed by atoms with Crippen LogP contribution in [0.25, 0.3) is 10.2 Å². The Kier molecular flexibility index (Phi) is 2.41. The van der Waals surface area contributed by atoms with Crippen molar-refractivity contribution >= 4 is 32.4 Å². The van der Waals surface area contributed by atoms with E-state index in [2.05, 4.69) is 33.4 Å². The lowest BCUT2D eigenvalue weighted by Crippen LogP contribution is -2.43. The first kappa shape index (κ1) is 9.86. The molecule has 2 heterocycles. The standard InChI is InChI=1S/C11H14N4S/c12-11-14-9-2-1-8(7-10(9)16-11)15-5-3-13-4-6-15/h1-2,7,13H,3-6H2,(H2,12,14). The van der Waals surface area contributed by atoms with Gasteiger partial charge in [0.05, 0.1) is 10.2 Å². The van der Waals surface area contributed by atoms with Crippen LogP contribution in [0.2, 0.25) is 0 Å². The van der Waals surface area contributed by atoms with Crippen LogP contribution in [0, 0.1) is 0 Å². The molecular weight excluding hydrogens is 220 g/mol. The molecule has 0 atom stereocenters. The number of anilines is 2. The summed E-state index contributed by atoms with van der Waals surface area (Å²) in [5.41, 5.74) is 7.98. The predicted octanol–water partition coefficient (Wildman–Crippen LogP) is 1.29. The van der Waals surface area contributed by atoms with Gasteiger partial charge in [-0.3, -0.25) is 0 Å². The van der Waals surface area contributed by atoms with Crippen molar-refractivity contribution in [3.05, 3.63) is 18.2 Å². The molecule has 1 saturated heterocycles. The molecule has 1 aliphatic rings. The summed E-state index contributed by atoms with van der Waals surface area (Å²) in [7, 11) is 0. The van der Waals surface area contributed by atoms with Gasteiger partial charge >= 0.3 is 0 Å². The maximum absolute atomic E-state index is 5.70. The lowest BCUT2D eigenvalue weighted by molar-refractivity contribution is 0.589. The molecule has 0 saturated carbocycles. The number of nitrogens with two attached hydrogens (primary N) is 1. The summed E-state index contributed by atoms with van der Waals surface area (Å²) in [4.78, 5) is 6.66. The van der Waals surface area contributed by atoms with Crippen LogP contribution in [0.1, 0.15) is 0 Å². The summed E-state index contributed by atoms with van der Waals surface area (Å²) in [5, 5.41) is 4.00. The van der Waals surface area contributed by atoms with Crippen LogP contribution in [0.15, 0.2) is 18.2 Å². The van der Waals surface area contributed by atoms with Crippen LogP contribution in [-0.2, 0) is 0 Å². The van der Waals surface area contributed by atoms with Gasteiger partial charge < -0.3 is 16.0 Å². The van der Waals surface area contributed by atoms with E-state index in [1.165, 1.54) is 10.4 Å². The Hall–Kier alpha value is -1.33. The summed E-state index contributed by atoms with van der Waals surface area (Å²) in [6.45, 7) is 4.26. The molecule has 0 aliphatic carbocycles. The van der Waals surface area contributed by atoms with Crippen molar-refractivity contribution in [2.75, 3.05) is 36.8 Å². The second-order valence-corrected chi connectivity index (χ2v) is 5.00. The minimum atomic E-state index is 0.646. The lowest BCUT2D eigenvalue weighted by Gasteiger charge is -2.29. The molecule has 1 aromatic heterocycles. The fourth-order valence-electron chi connectivity index (χ4n) is 2.05. The Balaban J connectivity index is 1.97. The zero-order chi connectivity index (χ0) is 11.0. The Morgan fingerprint density at radius 1 is 1.31 bits per heavy atom. The number of hydrogen-bond donors (Lipinski definition) is 2. The van der Waals surface area contributed by atoms with Gasteiger partial charge in [0.15, 0.2) is 5.13 Å². The number of nitrogen functional groups attached to an aromatic ring is 1. The highest BCUT2D eigenvalue weighted by atomic mass is 32.1. The highest BCUT2D eigenvalue weighted by Gasteiger charge is 2.11. The highest BCUT2D eigenvalue weighted by Crippen LogP contribution is 2.28. The number of aromatic nitrogens is 1. The van der Waals surface area contributed by atoms with E-state index in [0.717, 1.165) is 31.7 Å². The number of thiazole rings is 1. The van der Waals surface area contributed by atoms with Crippen LogP contribution in [0.5, 0.6) is 0 Å². The van der Waals surface area contributed by atoms with Gasteiger partial charge in [-0.25, -0.2) is 4.98 Å². The zero-order valence-electron chi connectivity index (χ0n) is 8.94. The van der Waals surface area contributed by atoms with E-state index in [0.29, 0.717) is 5.13 Å². The van der Waals surface area contributed by atoms with Crippen LogP contribution in [-0.4, -0.2) is 31.2 Å². The molecule has 16 heavy (non-hydrogen) atoms. The van der Waals surface area contributed by atoms with E-state index in [9.17, 15) is 0 Å². The van der Waals surface area contributed by atoms with Crippen molar-refractivity contribution < 1.29 is 0 Å². The Labute approximate surface area is 98.1 Å². The van der Waals surface area contributed by atoms with Gasteiger partial charge in [0, 0.05) is 31.9 Å². The number of rotatable bonds is 1. The Morgan fingerprint density at radius 3 is 2.94 bits per heavy atom. The van der Waals surface area contributed by atoms with Crippen molar-refractivity contribution in [1.82, 2.24) is 10.3 Å². The average molecular weight is 234 g/mol. The molecule has 5 heteroatoms. The quantitative estimate of drug-likeness (QED) is 0.780. The first-order valence-electron chi connectivity index (χ1n) is 5.45. The van der Waals surface area contributed by atoms with Gasteiger partial charge in [0.1, 0.15) is 0 Å². The molecule has 0 radical (unpaired) electrons. The number of benzene rings is 1. The summed E-state index contributed by atoms with van der Waals surface area (Å²) in [6, 6.07) is 6.38. The van der Waals surface area contributed by atoms with E-state index in [1.807, 2.05) is 0 Å². The van der Waals surface area contributed by atoms with Crippen molar-refractivity contribution in [2.45, 2.75) is 0 Å². The van der Waals surface area contributed by atoms with Gasteiger partial charge in [-0.2, -0.15) is 0 Å². The Morgan fingerprint density at radius 2 is 2.12 bits per heavy atom. The third kappa shape index (κ3) is 1.72. The first-order chi connectivity index (χ1) is 7.83. The molecule has 2 aromatic rings. The number of fused-ring (bicyclic) bond motifs is 1. The molecule has 1 aromatic carbocycles. The summed E-state index contributed by atoms with van der Waals surface area (Å²) in [5.74, 6) is 0. The normalized spacial score (nSPS) is 16.9. The van der Waals surface area contributed by atoms with E-state index in [-0.39, 0.29) is 0 Å². The Bertz CT molecular complexity index is 502. The second kappa shape index (κ2) is 3.92. The topological polar surface area (TPSA) is 54.2 Å². The largest absolute Gasteiger partial charge is 0.375 e. The molecule has 0 unspecified atom stereocenters. The third-order valence-electron chi connectivity index (χ3n) is 2.87. The third-order valence-corrected chi connectivity index (χ3v) is 3.72. The maximum atomic E-state index is 5.70. The molecular formula is C11H14N4S. The smallest absolute Gasteiger partial charge is 0.181 e. The maximum Gasteiger partial charge on any atom is 0.181 e. The van der Waals surface area contributed by atoms with Gasteiger partial charge in [-0.1, -0.05) is 11.3 Å². The molecule has 3 rings (SSSR count). The van der Waals surface area contributed by atoms with Crippen molar-refractivity contribution in [1.29, 1.82) is 0 Å². The molecule has 4 nitrogen and oxygen atoms in total. The first-order valence-corrected chi connectivity index (χ1v) is 6.26. The fraction of sp³-hybridized carbons (Fsp3) is 0.364. The number of nitrogens with one attached hydrogen (secondary N) is 1. The molecule has 1 aliphatic heterocycles. The van der Waals surface area contributed by atoms with Gasteiger partial charge in [-0.15, -0.1) is 0 Å². The van der Waals surface area contributed by atoms with E-state index in [4.69, 9.17) is 5.73 Å². The van der Waals surface area contributed by atoms with Crippen molar-refractivity contribution in [3.63, 3.8) is 0 Å². The molecule has 0 bridgehead atoms. The lowest BCUT2D eigenvalue weighted by atomic mass is 10.2. The average Bonchev–Trinajstić information content (AvgIpc) is 2.69.